The van der Waals surface area contributed by atoms with E-state index in [2.05, 4.69) is 38.0 Å². The number of nitro groups is 1. The summed E-state index contributed by atoms with van der Waals surface area (Å²) < 4.78 is 0. The molecule has 5 nitrogen and oxygen atoms in total. The Bertz CT molecular complexity index is 369. The van der Waals surface area contributed by atoms with Gasteiger partial charge in [-0.2, -0.15) is 0 Å². The van der Waals surface area contributed by atoms with Crippen molar-refractivity contribution in [3.63, 3.8) is 0 Å². The molecule has 0 aliphatic rings. The fraction of sp³-hybridized carbons (Fsp3) is 0.727. The van der Waals surface area contributed by atoms with E-state index in [4.69, 9.17) is 0 Å². The molecule has 0 aliphatic carbocycles. The molecular weight excluding hydrogens is 238 g/mol. The third kappa shape index (κ3) is 3.96. The maximum Gasteiger partial charge on any atom is 0.345 e. The number of rotatable bonds is 6. The number of thiazole rings is 1. The molecule has 0 spiro atoms. The second-order valence-electron chi connectivity index (χ2n) is 4.79. The van der Waals surface area contributed by atoms with Crippen LogP contribution in [0.15, 0.2) is 6.20 Å². The van der Waals surface area contributed by atoms with Crippen LogP contribution in [0.5, 0.6) is 0 Å². The van der Waals surface area contributed by atoms with Crippen molar-refractivity contribution >= 4 is 21.5 Å². The van der Waals surface area contributed by atoms with Gasteiger partial charge in [0.2, 0.25) is 0 Å². The van der Waals surface area contributed by atoms with Crippen molar-refractivity contribution in [3.05, 3.63) is 16.3 Å². The predicted octanol–water partition coefficient (Wildman–Crippen LogP) is 3.39. The summed E-state index contributed by atoms with van der Waals surface area (Å²) in [6, 6.07) is 0. The molecule has 0 unspecified atom stereocenters. The zero-order valence-electron chi connectivity index (χ0n) is 10.6. The molecule has 0 atom stereocenters. The van der Waals surface area contributed by atoms with Crippen LogP contribution in [0.1, 0.15) is 27.7 Å². The van der Waals surface area contributed by atoms with Crippen LogP contribution < -0.4 is 5.32 Å². The van der Waals surface area contributed by atoms with E-state index in [0.717, 1.165) is 17.9 Å². The number of anilines is 1. The van der Waals surface area contributed by atoms with Crippen LogP contribution in [0, 0.1) is 27.9 Å². The van der Waals surface area contributed by atoms with Gasteiger partial charge in [0.25, 0.3) is 0 Å². The molecule has 96 valence electrons. The summed E-state index contributed by atoms with van der Waals surface area (Å²) >= 11 is 1.09. The molecular formula is C11H19N3O2S. The minimum absolute atomic E-state index is 0.0816. The molecule has 1 heterocycles. The molecule has 0 bridgehead atoms. The fourth-order valence-corrected chi connectivity index (χ4v) is 2.52. The van der Waals surface area contributed by atoms with E-state index < -0.39 is 4.92 Å². The van der Waals surface area contributed by atoms with Gasteiger partial charge in [0.1, 0.15) is 6.20 Å². The lowest BCUT2D eigenvalue weighted by molar-refractivity contribution is -0.380. The Kier molecular flexibility index (Phi) is 4.86. The molecule has 0 saturated heterocycles. The van der Waals surface area contributed by atoms with Crippen molar-refractivity contribution in [1.29, 1.82) is 0 Å². The van der Waals surface area contributed by atoms with E-state index in [1.54, 1.807) is 0 Å². The third-order valence-electron chi connectivity index (χ3n) is 2.88. The Balaban J connectivity index is 2.56. The van der Waals surface area contributed by atoms with Gasteiger partial charge in [0, 0.05) is 6.54 Å². The molecule has 0 radical (unpaired) electrons. The highest BCUT2D eigenvalue weighted by Gasteiger charge is 2.18. The maximum atomic E-state index is 10.5. The van der Waals surface area contributed by atoms with Crippen molar-refractivity contribution in [2.24, 2.45) is 17.8 Å². The van der Waals surface area contributed by atoms with Crippen molar-refractivity contribution in [3.8, 4) is 0 Å². The van der Waals surface area contributed by atoms with Crippen molar-refractivity contribution in [2.45, 2.75) is 27.7 Å². The van der Waals surface area contributed by atoms with Crippen LogP contribution in [0.4, 0.5) is 10.1 Å². The summed E-state index contributed by atoms with van der Waals surface area (Å²) in [4.78, 5) is 14.1. The minimum Gasteiger partial charge on any atom is -0.361 e. The van der Waals surface area contributed by atoms with Crippen molar-refractivity contribution in [2.75, 3.05) is 11.9 Å². The highest BCUT2D eigenvalue weighted by molar-refractivity contribution is 7.18. The second-order valence-corrected chi connectivity index (χ2v) is 5.80. The van der Waals surface area contributed by atoms with Gasteiger partial charge in [0.05, 0.1) is 4.92 Å². The molecule has 1 aromatic rings. The SMILES string of the molecule is CC(C)C(CNc1ncc([N+](=O)[O-])s1)C(C)C. The van der Waals surface area contributed by atoms with Gasteiger partial charge in [-0.15, -0.1) is 0 Å². The lowest BCUT2D eigenvalue weighted by atomic mass is 9.86. The highest BCUT2D eigenvalue weighted by Crippen LogP contribution is 2.27. The molecule has 0 saturated carbocycles. The van der Waals surface area contributed by atoms with Crippen LogP contribution in [-0.2, 0) is 0 Å². The third-order valence-corrected chi connectivity index (χ3v) is 3.78. The van der Waals surface area contributed by atoms with Crippen LogP contribution in [0.2, 0.25) is 0 Å². The zero-order chi connectivity index (χ0) is 13.0. The van der Waals surface area contributed by atoms with Gasteiger partial charge in [-0.1, -0.05) is 27.7 Å². The number of aromatic nitrogens is 1. The first kappa shape index (κ1) is 13.9. The molecule has 6 heteroatoms. The Morgan fingerprint density at radius 2 is 2.00 bits per heavy atom. The lowest BCUT2D eigenvalue weighted by Gasteiger charge is -2.24. The lowest BCUT2D eigenvalue weighted by Crippen LogP contribution is -2.24. The monoisotopic (exact) mass is 257 g/mol. The topological polar surface area (TPSA) is 68.1 Å². The molecule has 1 aromatic heterocycles. The molecule has 17 heavy (non-hydrogen) atoms. The van der Waals surface area contributed by atoms with E-state index in [1.165, 1.54) is 6.20 Å². The quantitative estimate of drug-likeness (QED) is 0.626. The van der Waals surface area contributed by atoms with Gasteiger partial charge in [-0.3, -0.25) is 10.1 Å². The summed E-state index contributed by atoms with van der Waals surface area (Å²) in [7, 11) is 0. The van der Waals surface area contributed by atoms with Crippen LogP contribution >= 0.6 is 11.3 Å². The Morgan fingerprint density at radius 1 is 1.41 bits per heavy atom. The van der Waals surface area contributed by atoms with Crippen LogP contribution in [0.3, 0.4) is 0 Å². The highest BCUT2D eigenvalue weighted by atomic mass is 32.1. The van der Waals surface area contributed by atoms with Crippen LogP contribution in [0.25, 0.3) is 0 Å². The standard InChI is InChI=1S/C11H19N3O2S/c1-7(2)9(8(3)4)5-12-11-13-6-10(17-11)14(15)16/h6-9H,5H2,1-4H3,(H,12,13). The molecule has 1 rings (SSSR count). The average Bonchev–Trinajstić information content (AvgIpc) is 2.65. The van der Waals surface area contributed by atoms with E-state index in [0.29, 0.717) is 22.9 Å². The first-order chi connectivity index (χ1) is 7.91. The summed E-state index contributed by atoms with van der Waals surface area (Å²) in [5.74, 6) is 1.70. The fourth-order valence-electron chi connectivity index (χ4n) is 1.88. The van der Waals surface area contributed by atoms with Crippen molar-refractivity contribution in [1.82, 2.24) is 4.98 Å². The number of hydrogen-bond acceptors (Lipinski definition) is 5. The summed E-state index contributed by atoms with van der Waals surface area (Å²) in [5.41, 5.74) is 0. The molecule has 0 amide bonds. The molecule has 0 fully saturated rings. The predicted molar refractivity (Wildman–Crippen MR) is 70.4 cm³/mol. The first-order valence-electron chi connectivity index (χ1n) is 5.76. The van der Waals surface area contributed by atoms with E-state index in [1.807, 2.05) is 0 Å². The smallest absolute Gasteiger partial charge is 0.345 e. The van der Waals surface area contributed by atoms with Gasteiger partial charge >= 0.3 is 5.00 Å². The molecule has 0 aromatic carbocycles. The van der Waals surface area contributed by atoms with Gasteiger partial charge < -0.3 is 5.32 Å². The van der Waals surface area contributed by atoms with Gasteiger partial charge in [-0.25, -0.2) is 4.98 Å². The number of nitrogens with one attached hydrogen (secondary N) is 1. The van der Waals surface area contributed by atoms with Gasteiger partial charge in [-0.05, 0) is 29.1 Å². The Morgan fingerprint density at radius 3 is 2.41 bits per heavy atom. The minimum atomic E-state index is -0.411. The second kappa shape index (κ2) is 5.95. The maximum absolute atomic E-state index is 10.5. The van der Waals surface area contributed by atoms with Gasteiger partial charge in [0.15, 0.2) is 5.13 Å². The van der Waals surface area contributed by atoms with E-state index in [9.17, 15) is 10.1 Å². The molecule has 1 N–H and O–H groups in total. The number of hydrogen-bond donors (Lipinski definition) is 1. The normalized spacial score (nSPS) is 11.5. The largest absolute Gasteiger partial charge is 0.361 e. The van der Waals surface area contributed by atoms with Crippen LogP contribution in [-0.4, -0.2) is 16.5 Å². The average molecular weight is 257 g/mol. The summed E-state index contributed by atoms with van der Waals surface area (Å²) in [5, 5.41) is 14.4. The Hall–Kier alpha value is -1.17. The number of nitrogens with zero attached hydrogens (tertiary/aromatic N) is 2. The van der Waals surface area contributed by atoms with E-state index >= 15 is 0 Å². The Labute approximate surface area is 105 Å². The summed E-state index contributed by atoms with van der Waals surface area (Å²) in [6.45, 7) is 9.57. The van der Waals surface area contributed by atoms with Crippen molar-refractivity contribution < 1.29 is 4.92 Å². The summed E-state index contributed by atoms with van der Waals surface area (Å²) in [6.07, 6.45) is 1.30. The molecule has 0 aliphatic heterocycles. The van der Waals surface area contributed by atoms with E-state index in [-0.39, 0.29) is 5.00 Å². The zero-order valence-corrected chi connectivity index (χ0v) is 11.5. The first-order valence-corrected chi connectivity index (χ1v) is 6.57.